The third-order valence-electron chi connectivity index (χ3n) is 3.84. The van der Waals surface area contributed by atoms with Crippen LogP contribution in [0.25, 0.3) is 0 Å². The van der Waals surface area contributed by atoms with Crippen molar-refractivity contribution >= 4 is 23.4 Å². The van der Waals surface area contributed by atoms with Crippen molar-refractivity contribution in [2.75, 3.05) is 19.0 Å². The van der Waals surface area contributed by atoms with E-state index in [9.17, 15) is 9.59 Å². The first-order chi connectivity index (χ1) is 9.44. The third-order valence-corrected chi connectivity index (χ3v) is 4.07. The van der Waals surface area contributed by atoms with E-state index in [1.165, 1.54) is 0 Å². The van der Waals surface area contributed by atoms with Crippen LogP contribution in [0.4, 0.5) is 0 Å². The van der Waals surface area contributed by atoms with Crippen LogP contribution in [-0.2, 0) is 4.79 Å². The van der Waals surface area contributed by atoms with Gasteiger partial charge in [-0.05, 0) is 26.0 Å². The van der Waals surface area contributed by atoms with Crippen LogP contribution >= 0.6 is 11.6 Å². The highest BCUT2D eigenvalue weighted by molar-refractivity contribution is 6.27. The van der Waals surface area contributed by atoms with Gasteiger partial charge in [-0.25, -0.2) is 0 Å². The number of rotatable bonds is 4. The summed E-state index contributed by atoms with van der Waals surface area (Å²) in [6, 6.07) is 9.13. The van der Waals surface area contributed by atoms with Crippen molar-refractivity contribution in [1.82, 2.24) is 10.2 Å². The normalized spacial score (nSPS) is 15.7. The summed E-state index contributed by atoms with van der Waals surface area (Å²) in [6.07, 6.45) is 0. The molecular formula is C15H19ClN2O2. The van der Waals surface area contributed by atoms with Gasteiger partial charge in [-0.1, -0.05) is 18.2 Å². The lowest BCUT2D eigenvalue weighted by Gasteiger charge is -2.47. The molecule has 0 aromatic heterocycles. The average Bonchev–Trinajstić information content (AvgIpc) is 2.36. The van der Waals surface area contributed by atoms with Crippen molar-refractivity contribution in [2.24, 2.45) is 5.92 Å². The minimum atomic E-state index is -0.351. The van der Waals surface area contributed by atoms with E-state index >= 15 is 0 Å². The number of hydrogen-bond donors (Lipinski definition) is 1. The molecule has 1 N–H and O–H groups in total. The maximum absolute atomic E-state index is 12.2. The molecule has 0 bridgehead atoms. The highest BCUT2D eigenvalue weighted by atomic mass is 35.5. The Morgan fingerprint density at radius 1 is 1.30 bits per heavy atom. The average molecular weight is 295 g/mol. The first-order valence-corrected chi connectivity index (χ1v) is 7.19. The Morgan fingerprint density at radius 2 is 1.90 bits per heavy atom. The fourth-order valence-electron chi connectivity index (χ4n) is 2.28. The molecule has 0 spiro atoms. The maximum atomic E-state index is 12.2. The van der Waals surface area contributed by atoms with Gasteiger partial charge in [0.1, 0.15) is 5.88 Å². The number of alkyl halides is 1. The van der Waals surface area contributed by atoms with Gasteiger partial charge in [0.25, 0.3) is 5.91 Å². The van der Waals surface area contributed by atoms with Gasteiger partial charge < -0.3 is 10.2 Å². The zero-order valence-electron chi connectivity index (χ0n) is 11.7. The lowest BCUT2D eigenvalue weighted by atomic mass is 9.81. The van der Waals surface area contributed by atoms with Crippen LogP contribution in [0.3, 0.4) is 0 Å². The summed E-state index contributed by atoms with van der Waals surface area (Å²) in [4.78, 5) is 25.3. The van der Waals surface area contributed by atoms with Crippen LogP contribution in [0.1, 0.15) is 24.2 Å². The van der Waals surface area contributed by atoms with Gasteiger partial charge in [0.2, 0.25) is 5.91 Å². The molecule has 2 amide bonds. The molecule has 0 aliphatic carbocycles. The molecule has 2 rings (SSSR count). The molecule has 0 atom stereocenters. The van der Waals surface area contributed by atoms with Gasteiger partial charge in [0, 0.05) is 30.1 Å². The smallest absolute Gasteiger partial charge is 0.251 e. The summed E-state index contributed by atoms with van der Waals surface area (Å²) in [5, 5.41) is 3.04. The largest absolute Gasteiger partial charge is 0.347 e. The van der Waals surface area contributed by atoms with Crippen molar-refractivity contribution in [2.45, 2.75) is 19.4 Å². The summed E-state index contributed by atoms with van der Waals surface area (Å²) in [7, 11) is 0. The van der Waals surface area contributed by atoms with Crippen molar-refractivity contribution < 1.29 is 9.59 Å². The standard InChI is InChI=1S/C15H19ClN2O2/c1-15(2,12-9-18(10-12)13(19)8-16)17-14(20)11-6-4-3-5-7-11/h3-7,12H,8-10H2,1-2H3,(H,17,20). The third kappa shape index (κ3) is 3.12. The second-order valence-corrected chi connectivity index (χ2v) is 5.94. The maximum Gasteiger partial charge on any atom is 0.251 e. The topological polar surface area (TPSA) is 49.4 Å². The number of amides is 2. The minimum Gasteiger partial charge on any atom is -0.347 e. The van der Waals surface area contributed by atoms with Crippen LogP contribution in [0.5, 0.6) is 0 Å². The number of nitrogens with one attached hydrogen (secondary N) is 1. The van der Waals surface area contributed by atoms with E-state index in [0.29, 0.717) is 18.7 Å². The number of nitrogens with zero attached hydrogens (tertiary/aromatic N) is 1. The first kappa shape index (κ1) is 14.9. The number of halogens is 1. The van der Waals surface area contributed by atoms with Gasteiger partial charge in [0.15, 0.2) is 0 Å². The first-order valence-electron chi connectivity index (χ1n) is 6.65. The molecule has 4 nitrogen and oxygen atoms in total. The fourth-order valence-corrected chi connectivity index (χ4v) is 2.45. The van der Waals surface area contributed by atoms with E-state index in [1.54, 1.807) is 17.0 Å². The van der Waals surface area contributed by atoms with Crippen LogP contribution in [0, 0.1) is 5.92 Å². The predicted octanol–water partition coefficient (Wildman–Crippen LogP) is 1.89. The van der Waals surface area contributed by atoms with Crippen molar-refractivity contribution in [3.63, 3.8) is 0 Å². The molecule has 1 heterocycles. The van der Waals surface area contributed by atoms with E-state index in [1.807, 2.05) is 32.0 Å². The lowest BCUT2D eigenvalue weighted by Crippen LogP contribution is -2.63. The van der Waals surface area contributed by atoms with Gasteiger partial charge >= 0.3 is 0 Å². The Labute approximate surface area is 124 Å². The summed E-state index contributed by atoms with van der Waals surface area (Å²) in [5.74, 6) is 0.136. The number of benzene rings is 1. The molecule has 108 valence electrons. The molecule has 0 radical (unpaired) electrons. The highest BCUT2D eigenvalue weighted by Gasteiger charge is 2.41. The Kier molecular flexibility index (Phi) is 4.33. The fraction of sp³-hybridized carbons (Fsp3) is 0.467. The number of carbonyl (C=O) groups excluding carboxylic acids is 2. The number of carbonyl (C=O) groups is 2. The lowest BCUT2D eigenvalue weighted by molar-refractivity contribution is -0.136. The SMILES string of the molecule is CC(C)(NC(=O)c1ccccc1)C1CN(C(=O)CCl)C1. The van der Waals surface area contributed by atoms with Crippen LogP contribution in [0.2, 0.25) is 0 Å². The van der Waals surface area contributed by atoms with E-state index in [0.717, 1.165) is 0 Å². The summed E-state index contributed by atoms with van der Waals surface area (Å²) in [5.41, 5.74) is 0.296. The zero-order chi connectivity index (χ0) is 14.8. The Morgan fingerprint density at radius 3 is 2.45 bits per heavy atom. The van der Waals surface area contributed by atoms with Crippen LogP contribution in [-0.4, -0.2) is 41.2 Å². The van der Waals surface area contributed by atoms with Crippen LogP contribution < -0.4 is 5.32 Å². The minimum absolute atomic E-state index is 0.0174. The molecule has 0 unspecified atom stereocenters. The number of hydrogen-bond acceptors (Lipinski definition) is 2. The van der Waals surface area contributed by atoms with Crippen LogP contribution in [0.15, 0.2) is 30.3 Å². The Balaban J connectivity index is 1.92. The van der Waals surface area contributed by atoms with Gasteiger partial charge in [-0.3, -0.25) is 9.59 Å². The second kappa shape index (κ2) is 5.83. The van der Waals surface area contributed by atoms with Gasteiger partial charge in [-0.15, -0.1) is 11.6 Å². The summed E-state index contributed by atoms with van der Waals surface area (Å²) < 4.78 is 0. The zero-order valence-corrected chi connectivity index (χ0v) is 12.5. The molecule has 1 aromatic carbocycles. The highest BCUT2D eigenvalue weighted by Crippen LogP contribution is 2.27. The molecule has 1 aromatic rings. The van der Waals surface area contributed by atoms with E-state index < -0.39 is 0 Å². The number of likely N-dealkylation sites (tertiary alicyclic amines) is 1. The summed E-state index contributed by atoms with van der Waals surface area (Å²) >= 11 is 5.52. The molecule has 0 saturated carbocycles. The molecule has 1 aliphatic rings. The quantitative estimate of drug-likeness (QED) is 0.862. The molecule has 5 heteroatoms. The van der Waals surface area contributed by atoms with Gasteiger partial charge in [-0.2, -0.15) is 0 Å². The Bertz CT molecular complexity index is 496. The van der Waals surface area contributed by atoms with Crippen molar-refractivity contribution in [1.29, 1.82) is 0 Å². The molecule has 1 aliphatic heterocycles. The monoisotopic (exact) mass is 294 g/mol. The van der Waals surface area contributed by atoms with E-state index in [2.05, 4.69) is 5.32 Å². The Hall–Kier alpha value is -1.55. The second-order valence-electron chi connectivity index (χ2n) is 5.67. The summed E-state index contributed by atoms with van der Waals surface area (Å²) in [6.45, 7) is 5.27. The molecule has 1 saturated heterocycles. The molecular weight excluding hydrogens is 276 g/mol. The van der Waals surface area contributed by atoms with Crippen molar-refractivity contribution in [3.05, 3.63) is 35.9 Å². The predicted molar refractivity (Wildman–Crippen MR) is 78.8 cm³/mol. The van der Waals surface area contributed by atoms with E-state index in [-0.39, 0.29) is 29.2 Å². The molecule has 1 fully saturated rings. The van der Waals surface area contributed by atoms with E-state index in [4.69, 9.17) is 11.6 Å². The van der Waals surface area contributed by atoms with Gasteiger partial charge in [0.05, 0.1) is 0 Å². The molecule has 20 heavy (non-hydrogen) atoms. The van der Waals surface area contributed by atoms with Crippen molar-refractivity contribution in [3.8, 4) is 0 Å².